The fourth-order valence-electron chi connectivity index (χ4n) is 2.35. The highest BCUT2D eigenvalue weighted by molar-refractivity contribution is 6.05. The van der Waals surface area contributed by atoms with Crippen molar-refractivity contribution in [2.45, 2.75) is 18.9 Å². The lowest BCUT2D eigenvalue weighted by Crippen LogP contribution is -2.50. The minimum Gasteiger partial charge on any atom is -0.396 e. The Morgan fingerprint density at radius 2 is 2.25 bits per heavy atom. The molecule has 1 heterocycles. The lowest BCUT2D eigenvalue weighted by Gasteiger charge is -2.29. The standard InChI is InChI=1S/C15H20N2O3/c1-15(7-9-18,10-20-2)17-14(19)12-5-3-4-11-6-8-16-13(11)12/h3-6,8,16,18H,7,9-10H2,1-2H3,(H,17,19)/t15-/m0/s1. The van der Waals surface area contributed by atoms with E-state index in [9.17, 15) is 4.79 Å². The minimum absolute atomic E-state index is 0.00710. The van der Waals surface area contributed by atoms with Gasteiger partial charge in [-0.3, -0.25) is 4.79 Å². The average Bonchev–Trinajstić information content (AvgIpc) is 2.86. The molecule has 0 unspecified atom stereocenters. The van der Waals surface area contributed by atoms with Crippen LogP contribution in [0.1, 0.15) is 23.7 Å². The summed E-state index contributed by atoms with van der Waals surface area (Å²) in [5.41, 5.74) is 0.816. The van der Waals surface area contributed by atoms with Crippen LogP contribution in [-0.4, -0.2) is 41.9 Å². The Balaban J connectivity index is 2.24. The number of benzene rings is 1. The molecule has 0 spiro atoms. The van der Waals surface area contributed by atoms with Crippen molar-refractivity contribution >= 4 is 16.8 Å². The number of hydrogen-bond acceptors (Lipinski definition) is 3. The number of rotatable bonds is 6. The number of methoxy groups -OCH3 is 1. The van der Waals surface area contributed by atoms with E-state index in [1.807, 2.05) is 31.3 Å². The van der Waals surface area contributed by atoms with E-state index in [4.69, 9.17) is 9.84 Å². The van der Waals surface area contributed by atoms with Crippen LogP contribution in [0.3, 0.4) is 0 Å². The Kier molecular flexibility index (Phi) is 4.42. The lowest BCUT2D eigenvalue weighted by atomic mass is 9.98. The van der Waals surface area contributed by atoms with Crippen molar-refractivity contribution in [1.82, 2.24) is 10.3 Å². The summed E-state index contributed by atoms with van der Waals surface area (Å²) in [6.45, 7) is 2.20. The maximum absolute atomic E-state index is 12.5. The molecule has 1 aromatic heterocycles. The number of carbonyl (C=O) groups is 1. The number of aromatic nitrogens is 1. The highest BCUT2D eigenvalue weighted by atomic mass is 16.5. The molecular formula is C15H20N2O3. The zero-order valence-electron chi connectivity index (χ0n) is 11.8. The number of aromatic amines is 1. The fourth-order valence-corrected chi connectivity index (χ4v) is 2.35. The van der Waals surface area contributed by atoms with E-state index in [-0.39, 0.29) is 12.5 Å². The molecule has 20 heavy (non-hydrogen) atoms. The molecule has 5 nitrogen and oxygen atoms in total. The van der Waals surface area contributed by atoms with Gasteiger partial charge in [-0.15, -0.1) is 0 Å². The molecule has 3 N–H and O–H groups in total. The van der Waals surface area contributed by atoms with Gasteiger partial charge in [0.1, 0.15) is 0 Å². The van der Waals surface area contributed by atoms with Crippen LogP contribution in [0.5, 0.6) is 0 Å². The van der Waals surface area contributed by atoms with Gasteiger partial charge >= 0.3 is 0 Å². The largest absolute Gasteiger partial charge is 0.396 e. The van der Waals surface area contributed by atoms with Crippen LogP contribution < -0.4 is 5.32 Å². The molecule has 108 valence electrons. The number of carbonyl (C=O) groups excluding carboxylic acids is 1. The molecule has 0 aliphatic heterocycles. The first-order valence-electron chi connectivity index (χ1n) is 6.58. The first-order valence-corrected chi connectivity index (χ1v) is 6.58. The van der Waals surface area contributed by atoms with E-state index >= 15 is 0 Å². The van der Waals surface area contributed by atoms with Gasteiger partial charge < -0.3 is 20.1 Å². The second-order valence-corrected chi connectivity index (χ2v) is 5.17. The number of H-pyrrole nitrogens is 1. The number of aliphatic hydroxyl groups excluding tert-OH is 1. The van der Waals surface area contributed by atoms with Crippen LogP contribution in [0.25, 0.3) is 10.9 Å². The first-order chi connectivity index (χ1) is 9.59. The quantitative estimate of drug-likeness (QED) is 0.751. The summed E-state index contributed by atoms with van der Waals surface area (Å²) in [5.74, 6) is -0.175. The van der Waals surface area contributed by atoms with Gasteiger partial charge in [0, 0.05) is 25.3 Å². The van der Waals surface area contributed by atoms with Crippen LogP contribution in [0, 0.1) is 0 Å². The van der Waals surface area contributed by atoms with Gasteiger partial charge in [-0.2, -0.15) is 0 Å². The van der Waals surface area contributed by atoms with Gasteiger partial charge in [0.15, 0.2) is 0 Å². The molecule has 0 saturated carbocycles. The molecule has 0 aliphatic carbocycles. The molecule has 2 aromatic rings. The van der Waals surface area contributed by atoms with Crippen molar-refractivity contribution < 1.29 is 14.6 Å². The highest BCUT2D eigenvalue weighted by Crippen LogP contribution is 2.18. The van der Waals surface area contributed by atoms with Crippen LogP contribution in [-0.2, 0) is 4.74 Å². The number of para-hydroxylation sites is 1. The molecule has 1 atom stereocenters. The van der Waals surface area contributed by atoms with Gasteiger partial charge in [0.05, 0.1) is 23.2 Å². The smallest absolute Gasteiger partial charge is 0.253 e. The van der Waals surface area contributed by atoms with Crippen molar-refractivity contribution in [3.8, 4) is 0 Å². The van der Waals surface area contributed by atoms with E-state index in [1.54, 1.807) is 13.2 Å². The van der Waals surface area contributed by atoms with Crippen molar-refractivity contribution in [2.24, 2.45) is 0 Å². The van der Waals surface area contributed by atoms with Gasteiger partial charge in [-0.05, 0) is 25.5 Å². The number of hydrogen-bond donors (Lipinski definition) is 3. The Morgan fingerprint density at radius 3 is 2.95 bits per heavy atom. The SMILES string of the molecule is COC[C@](C)(CCO)NC(=O)c1cccc2cc[nH]c12. The van der Waals surface area contributed by atoms with Crippen LogP contribution in [0.15, 0.2) is 30.5 Å². The van der Waals surface area contributed by atoms with E-state index < -0.39 is 5.54 Å². The summed E-state index contributed by atoms with van der Waals surface area (Å²) < 4.78 is 5.14. The van der Waals surface area contributed by atoms with Crippen molar-refractivity contribution in [3.63, 3.8) is 0 Å². The molecule has 1 amide bonds. The predicted molar refractivity (Wildman–Crippen MR) is 77.7 cm³/mol. The number of fused-ring (bicyclic) bond motifs is 1. The van der Waals surface area contributed by atoms with Crippen LogP contribution in [0.4, 0.5) is 0 Å². The molecule has 0 radical (unpaired) electrons. The molecule has 0 aliphatic rings. The normalized spacial score (nSPS) is 14.2. The summed E-state index contributed by atoms with van der Waals surface area (Å²) in [7, 11) is 1.58. The Morgan fingerprint density at radius 1 is 1.45 bits per heavy atom. The molecule has 0 fully saturated rings. The molecule has 1 aromatic carbocycles. The average molecular weight is 276 g/mol. The predicted octanol–water partition coefficient (Wildman–Crippen LogP) is 1.69. The maximum atomic E-state index is 12.5. The lowest BCUT2D eigenvalue weighted by molar-refractivity contribution is 0.0727. The van der Waals surface area contributed by atoms with E-state index in [0.29, 0.717) is 18.6 Å². The van der Waals surface area contributed by atoms with Crippen molar-refractivity contribution in [2.75, 3.05) is 20.3 Å². The highest BCUT2D eigenvalue weighted by Gasteiger charge is 2.27. The molecule has 5 heteroatoms. The monoisotopic (exact) mass is 276 g/mol. The zero-order chi connectivity index (χ0) is 14.6. The third kappa shape index (κ3) is 3.00. The van der Waals surface area contributed by atoms with Crippen LogP contribution in [0.2, 0.25) is 0 Å². The van der Waals surface area contributed by atoms with Gasteiger partial charge in [0.25, 0.3) is 5.91 Å². The van der Waals surface area contributed by atoms with E-state index in [2.05, 4.69) is 10.3 Å². The fraction of sp³-hybridized carbons (Fsp3) is 0.400. The van der Waals surface area contributed by atoms with Crippen molar-refractivity contribution in [1.29, 1.82) is 0 Å². The summed E-state index contributed by atoms with van der Waals surface area (Å²) in [6.07, 6.45) is 2.25. The second-order valence-electron chi connectivity index (χ2n) is 5.17. The third-order valence-corrected chi connectivity index (χ3v) is 3.37. The maximum Gasteiger partial charge on any atom is 0.253 e. The van der Waals surface area contributed by atoms with Crippen LogP contribution >= 0.6 is 0 Å². The number of amides is 1. The Labute approximate surface area is 117 Å². The number of nitrogens with one attached hydrogen (secondary N) is 2. The molecule has 0 saturated heterocycles. The Hall–Kier alpha value is -1.85. The summed E-state index contributed by atoms with van der Waals surface area (Å²) in [6, 6.07) is 7.50. The second kappa shape index (κ2) is 6.07. The van der Waals surface area contributed by atoms with E-state index in [0.717, 1.165) is 10.9 Å². The topological polar surface area (TPSA) is 74.3 Å². The summed E-state index contributed by atoms with van der Waals surface area (Å²) in [4.78, 5) is 15.5. The molecular weight excluding hydrogens is 256 g/mol. The summed E-state index contributed by atoms with van der Waals surface area (Å²) >= 11 is 0. The molecule has 0 bridgehead atoms. The van der Waals surface area contributed by atoms with Crippen molar-refractivity contribution in [3.05, 3.63) is 36.0 Å². The summed E-state index contributed by atoms with van der Waals surface area (Å²) in [5, 5.41) is 13.1. The van der Waals surface area contributed by atoms with Gasteiger partial charge in [0.2, 0.25) is 0 Å². The van der Waals surface area contributed by atoms with Gasteiger partial charge in [-0.1, -0.05) is 12.1 Å². The number of aliphatic hydroxyl groups is 1. The minimum atomic E-state index is -0.588. The first kappa shape index (κ1) is 14.6. The van der Waals surface area contributed by atoms with Gasteiger partial charge in [-0.25, -0.2) is 0 Å². The molecule has 2 rings (SSSR count). The number of ether oxygens (including phenoxy) is 1. The van der Waals surface area contributed by atoms with E-state index in [1.165, 1.54) is 0 Å². The third-order valence-electron chi connectivity index (χ3n) is 3.37. The Bertz CT molecular complexity index is 586. The zero-order valence-corrected chi connectivity index (χ0v) is 11.8.